The summed E-state index contributed by atoms with van der Waals surface area (Å²) in [6.07, 6.45) is 1.57. The molecule has 3 aromatic rings. The first-order valence-corrected chi connectivity index (χ1v) is 10.6. The summed E-state index contributed by atoms with van der Waals surface area (Å²) in [4.78, 5) is 22.3. The minimum Gasteiger partial charge on any atom is -0.493 e. The highest BCUT2D eigenvalue weighted by molar-refractivity contribution is 14.1. The topological polar surface area (TPSA) is 103 Å². The summed E-state index contributed by atoms with van der Waals surface area (Å²) in [5.74, 6) is 0.863. The SMILES string of the molecule is COc1cc(/C=N\NC(=O)Cc2ccc([N+](=O)[O-])cc2)cc(I)c1OCc1ccccc1. The van der Waals surface area contributed by atoms with Crippen LogP contribution in [0.4, 0.5) is 5.69 Å². The predicted molar refractivity (Wildman–Crippen MR) is 129 cm³/mol. The molecule has 0 aliphatic carbocycles. The molecule has 0 spiro atoms. The van der Waals surface area contributed by atoms with Crippen molar-refractivity contribution < 1.29 is 19.2 Å². The molecule has 0 bridgehead atoms. The van der Waals surface area contributed by atoms with Crippen LogP contribution in [-0.2, 0) is 17.8 Å². The van der Waals surface area contributed by atoms with Crippen LogP contribution in [0.5, 0.6) is 11.5 Å². The Balaban J connectivity index is 1.60. The van der Waals surface area contributed by atoms with E-state index >= 15 is 0 Å². The van der Waals surface area contributed by atoms with Gasteiger partial charge in [0.05, 0.1) is 28.2 Å². The molecule has 32 heavy (non-hydrogen) atoms. The standard InChI is InChI=1S/C23H20IN3O5/c1-31-21-12-18(11-20(24)23(21)32-15-17-5-3-2-4-6-17)14-25-26-22(28)13-16-7-9-19(10-8-16)27(29)30/h2-12,14H,13,15H2,1H3,(H,26,28)/b25-14-. The average molecular weight is 545 g/mol. The molecule has 0 fully saturated rings. The van der Waals surface area contributed by atoms with Crippen molar-refractivity contribution in [3.63, 3.8) is 0 Å². The van der Waals surface area contributed by atoms with Gasteiger partial charge in [0.15, 0.2) is 11.5 Å². The molecule has 0 aliphatic rings. The molecular formula is C23H20IN3O5. The van der Waals surface area contributed by atoms with Crippen LogP contribution in [0.3, 0.4) is 0 Å². The van der Waals surface area contributed by atoms with Crippen LogP contribution >= 0.6 is 22.6 Å². The Kier molecular flexibility index (Phi) is 8.14. The van der Waals surface area contributed by atoms with E-state index in [-0.39, 0.29) is 18.0 Å². The lowest BCUT2D eigenvalue weighted by atomic mass is 10.1. The van der Waals surface area contributed by atoms with E-state index in [0.29, 0.717) is 23.7 Å². The van der Waals surface area contributed by atoms with Gasteiger partial charge in [-0.3, -0.25) is 14.9 Å². The molecule has 0 saturated heterocycles. The van der Waals surface area contributed by atoms with E-state index in [0.717, 1.165) is 14.7 Å². The average Bonchev–Trinajstić information content (AvgIpc) is 2.79. The number of methoxy groups -OCH3 is 1. The Bertz CT molecular complexity index is 1120. The van der Waals surface area contributed by atoms with Crippen LogP contribution in [0.2, 0.25) is 0 Å². The van der Waals surface area contributed by atoms with E-state index < -0.39 is 4.92 Å². The molecule has 0 saturated carbocycles. The quantitative estimate of drug-likeness (QED) is 0.185. The van der Waals surface area contributed by atoms with E-state index in [1.54, 1.807) is 25.3 Å². The molecule has 0 aliphatic heterocycles. The molecule has 1 N–H and O–H groups in total. The van der Waals surface area contributed by atoms with Gasteiger partial charge in [-0.25, -0.2) is 5.43 Å². The Hall–Kier alpha value is -3.47. The minimum absolute atomic E-state index is 0.0214. The molecule has 0 heterocycles. The normalized spacial score (nSPS) is 10.7. The van der Waals surface area contributed by atoms with Gasteiger partial charge in [-0.15, -0.1) is 0 Å². The number of benzene rings is 3. The van der Waals surface area contributed by atoms with Crippen molar-refractivity contribution in [1.82, 2.24) is 5.43 Å². The smallest absolute Gasteiger partial charge is 0.269 e. The number of ether oxygens (including phenoxy) is 2. The number of carbonyl (C=O) groups is 1. The molecule has 0 unspecified atom stereocenters. The maximum atomic E-state index is 12.1. The van der Waals surface area contributed by atoms with Crippen molar-refractivity contribution in [1.29, 1.82) is 0 Å². The summed E-state index contributed by atoms with van der Waals surface area (Å²) in [5.41, 5.74) is 4.87. The second-order valence-corrected chi connectivity index (χ2v) is 7.86. The zero-order valence-electron chi connectivity index (χ0n) is 17.2. The van der Waals surface area contributed by atoms with Crippen molar-refractivity contribution in [2.24, 2.45) is 5.10 Å². The largest absolute Gasteiger partial charge is 0.493 e. The van der Waals surface area contributed by atoms with Gasteiger partial charge < -0.3 is 9.47 Å². The van der Waals surface area contributed by atoms with Gasteiger partial charge >= 0.3 is 0 Å². The van der Waals surface area contributed by atoms with Gasteiger partial charge in [-0.05, 0) is 51.4 Å². The number of hydrogen-bond donors (Lipinski definition) is 1. The van der Waals surface area contributed by atoms with Crippen LogP contribution in [0, 0.1) is 13.7 Å². The molecule has 164 valence electrons. The molecule has 1 amide bonds. The van der Waals surface area contributed by atoms with Gasteiger partial charge in [0, 0.05) is 12.1 Å². The van der Waals surface area contributed by atoms with E-state index in [1.165, 1.54) is 18.3 Å². The molecule has 3 aromatic carbocycles. The highest BCUT2D eigenvalue weighted by atomic mass is 127. The van der Waals surface area contributed by atoms with Crippen molar-refractivity contribution in [3.8, 4) is 11.5 Å². The highest BCUT2D eigenvalue weighted by Crippen LogP contribution is 2.34. The number of nitro benzene ring substituents is 1. The molecule has 0 aromatic heterocycles. The molecule has 9 heteroatoms. The lowest BCUT2D eigenvalue weighted by molar-refractivity contribution is -0.384. The number of amides is 1. The summed E-state index contributed by atoms with van der Waals surface area (Å²) in [6.45, 7) is 0.416. The fourth-order valence-corrected chi connectivity index (χ4v) is 3.60. The fraction of sp³-hybridized carbons (Fsp3) is 0.130. The molecule has 3 rings (SSSR count). The number of nitro groups is 1. The summed E-state index contributed by atoms with van der Waals surface area (Å²) in [6, 6.07) is 19.3. The lowest BCUT2D eigenvalue weighted by Crippen LogP contribution is -2.19. The number of nitrogens with zero attached hydrogens (tertiary/aromatic N) is 2. The summed E-state index contributed by atoms with van der Waals surface area (Å²) < 4.78 is 12.2. The number of hydrazone groups is 1. The zero-order valence-corrected chi connectivity index (χ0v) is 19.3. The lowest BCUT2D eigenvalue weighted by Gasteiger charge is -2.13. The third-order valence-electron chi connectivity index (χ3n) is 4.39. The summed E-state index contributed by atoms with van der Waals surface area (Å²) in [7, 11) is 1.56. The molecule has 8 nitrogen and oxygen atoms in total. The Morgan fingerprint density at radius 3 is 2.50 bits per heavy atom. The second kappa shape index (κ2) is 11.2. The van der Waals surface area contributed by atoms with Crippen LogP contribution < -0.4 is 14.9 Å². The molecule has 0 radical (unpaired) electrons. The maximum absolute atomic E-state index is 12.1. The van der Waals surface area contributed by atoms with Crippen molar-refractivity contribution in [2.75, 3.05) is 7.11 Å². The summed E-state index contributed by atoms with van der Waals surface area (Å²) in [5, 5.41) is 14.7. The highest BCUT2D eigenvalue weighted by Gasteiger charge is 2.12. The number of nitrogens with one attached hydrogen (secondary N) is 1. The monoisotopic (exact) mass is 545 g/mol. The minimum atomic E-state index is -0.484. The van der Waals surface area contributed by atoms with Gasteiger partial charge in [0.2, 0.25) is 5.91 Å². The van der Waals surface area contributed by atoms with Crippen molar-refractivity contribution in [3.05, 3.63) is 97.1 Å². The molecule has 0 atom stereocenters. The second-order valence-electron chi connectivity index (χ2n) is 6.70. The summed E-state index contributed by atoms with van der Waals surface area (Å²) >= 11 is 2.16. The van der Waals surface area contributed by atoms with Gasteiger partial charge in [0.1, 0.15) is 6.61 Å². The fourth-order valence-electron chi connectivity index (χ4n) is 2.82. The van der Waals surface area contributed by atoms with Crippen molar-refractivity contribution in [2.45, 2.75) is 13.0 Å². The van der Waals surface area contributed by atoms with E-state index in [9.17, 15) is 14.9 Å². The third-order valence-corrected chi connectivity index (χ3v) is 5.19. The van der Waals surface area contributed by atoms with Gasteiger partial charge in [-0.1, -0.05) is 42.5 Å². The Labute approximate surface area is 198 Å². The van der Waals surface area contributed by atoms with Gasteiger partial charge in [-0.2, -0.15) is 5.10 Å². The first kappa shape index (κ1) is 23.2. The number of non-ortho nitro benzene ring substituents is 1. The number of halogens is 1. The molecular weight excluding hydrogens is 525 g/mol. The third kappa shape index (κ3) is 6.51. The first-order chi connectivity index (χ1) is 15.5. The van der Waals surface area contributed by atoms with Crippen LogP contribution in [0.1, 0.15) is 16.7 Å². The predicted octanol–water partition coefficient (Wildman–Crippen LogP) is 4.48. The van der Waals surface area contributed by atoms with Crippen LogP contribution in [-0.4, -0.2) is 24.2 Å². The van der Waals surface area contributed by atoms with E-state index in [4.69, 9.17) is 9.47 Å². The Morgan fingerprint density at radius 1 is 1.12 bits per heavy atom. The van der Waals surface area contributed by atoms with E-state index in [1.807, 2.05) is 36.4 Å². The number of hydrogen-bond acceptors (Lipinski definition) is 6. The zero-order chi connectivity index (χ0) is 22.9. The Morgan fingerprint density at radius 2 is 1.84 bits per heavy atom. The number of carbonyl (C=O) groups excluding carboxylic acids is 1. The van der Waals surface area contributed by atoms with Crippen molar-refractivity contribution >= 4 is 40.4 Å². The first-order valence-electron chi connectivity index (χ1n) is 9.55. The van der Waals surface area contributed by atoms with Crippen LogP contribution in [0.15, 0.2) is 71.8 Å². The number of rotatable bonds is 9. The van der Waals surface area contributed by atoms with Crippen LogP contribution in [0.25, 0.3) is 0 Å². The van der Waals surface area contributed by atoms with E-state index in [2.05, 4.69) is 33.1 Å². The van der Waals surface area contributed by atoms with Gasteiger partial charge in [0.25, 0.3) is 5.69 Å². The maximum Gasteiger partial charge on any atom is 0.269 e.